The Morgan fingerprint density at radius 2 is 2.00 bits per heavy atom. The fraction of sp³-hybridized carbons (Fsp3) is 0.857. The van der Waals surface area contributed by atoms with Gasteiger partial charge >= 0.3 is 0 Å². The third-order valence-electron chi connectivity index (χ3n) is 1.25. The van der Waals surface area contributed by atoms with Crippen molar-refractivity contribution >= 4 is 6.72 Å². The van der Waals surface area contributed by atoms with Crippen LogP contribution in [0.15, 0.2) is 0 Å². The highest BCUT2D eigenvalue weighted by molar-refractivity contribution is 5.13. The minimum Gasteiger partial charge on any atom is -0.272 e. The minimum atomic E-state index is -0.0729. The molecular formula is C7H16NO+. The molecule has 0 aliphatic carbocycles. The van der Waals surface area contributed by atoms with Gasteiger partial charge in [-0.25, -0.2) is 0 Å². The van der Waals surface area contributed by atoms with Gasteiger partial charge in [0.25, 0.3) is 0 Å². The lowest BCUT2D eigenvalue weighted by molar-refractivity contribution is -0.784. The summed E-state index contributed by atoms with van der Waals surface area (Å²) in [5, 5.41) is 0. The van der Waals surface area contributed by atoms with Crippen LogP contribution < -0.4 is 0 Å². The summed E-state index contributed by atoms with van der Waals surface area (Å²) in [7, 11) is 1.79. The smallest absolute Gasteiger partial charge is 0.182 e. The molecule has 0 aliphatic rings. The molecule has 0 fully saturated rings. The molecule has 2 heteroatoms. The molecule has 0 unspecified atom stereocenters. The topological polar surface area (TPSA) is 12.2 Å². The molecule has 54 valence electrons. The average molecular weight is 130 g/mol. The monoisotopic (exact) mass is 130 g/mol. The fourth-order valence-electron chi connectivity index (χ4n) is 0.486. The van der Waals surface area contributed by atoms with E-state index in [1.807, 2.05) is 13.8 Å². The van der Waals surface area contributed by atoms with Gasteiger partial charge in [-0.2, -0.15) is 0 Å². The zero-order valence-corrected chi connectivity index (χ0v) is 6.77. The number of hydrogen-bond donors (Lipinski definition) is 0. The first-order chi connectivity index (χ1) is 3.98. The Balaban J connectivity index is 3.71. The molecule has 0 saturated carbocycles. The molecule has 0 bridgehead atoms. The van der Waals surface area contributed by atoms with Crippen LogP contribution in [0.25, 0.3) is 0 Å². The normalized spacial score (nSPS) is 11.1. The number of hydrogen-bond acceptors (Lipinski definition) is 1. The maximum absolute atomic E-state index is 5.31. The van der Waals surface area contributed by atoms with Crippen LogP contribution in [0, 0.1) is 0 Å². The van der Waals surface area contributed by atoms with Crippen molar-refractivity contribution in [3.05, 3.63) is 0 Å². The minimum absolute atomic E-state index is 0.0729. The van der Waals surface area contributed by atoms with Crippen LogP contribution in [0.1, 0.15) is 27.2 Å². The molecule has 0 saturated heterocycles. The van der Waals surface area contributed by atoms with Gasteiger partial charge in [-0.05, 0) is 25.0 Å². The predicted octanol–water partition coefficient (Wildman–Crippen LogP) is 1.45. The summed E-state index contributed by atoms with van der Waals surface area (Å²) >= 11 is 0. The number of hydroxylamine groups is 1. The number of nitrogens with zero attached hydrogens (tertiary/aromatic N) is 1. The maximum atomic E-state index is 5.31. The first kappa shape index (κ1) is 8.47. The molecule has 0 atom stereocenters. The van der Waals surface area contributed by atoms with Crippen LogP contribution in [-0.4, -0.2) is 24.1 Å². The van der Waals surface area contributed by atoms with Crippen LogP contribution in [0.5, 0.6) is 0 Å². The van der Waals surface area contributed by atoms with Crippen molar-refractivity contribution in [1.29, 1.82) is 0 Å². The van der Waals surface area contributed by atoms with Crippen LogP contribution in [0.2, 0.25) is 0 Å². The highest BCUT2D eigenvalue weighted by Crippen LogP contribution is 2.12. The van der Waals surface area contributed by atoms with Gasteiger partial charge in [-0.15, -0.1) is 0 Å². The van der Waals surface area contributed by atoms with Gasteiger partial charge in [-0.3, -0.25) is 4.84 Å². The van der Waals surface area contributed by atoms with Crippen molar-refractivity contribution in [2.75, 3.05) is 7.05 Å². The molecule has 0 spiro atoms. The molecular weight excluding hydrogens is 114 g/mol. The summed E-state index contributed by atoms with van der Waals surface area (Å²) in [5.74, 6) is 0. The van der Waals surface area contributed by atoms with Gasteiger partial charge < -0.3 is 0 Å². The Kier molecular flexibility index (Phi) is 2.68. The van der Waals surface area contributed by atoms with Crippen molar-refractivity contribution in [2.45, 2.75) is 32.8 Å². The van der Waals surface area contributed by atoms with Gasteiger partial charge in [0.1, 0.15) is 0 Å². The maximum Gasteiger partial charge on any atom is 0.182 e. The quantitative estimate of drug-likeness (QED) is 0.320. The molecule has 2 nitrogen and oxygen atoms in total. The van der Waals surface area contributed by atoms with E-state index >= 15 is 0 Å². The molecule has 0 amide bonds. The highest BCUT2D eigenvalue weighted by Gasteiger charge is 2.20. The first-order valence-electron chi connectivity index (χ1n) is 3.21. The van der Waals surface area contributed by atoms with Gasteiger partial charge in [-0.1, -0.05) is 6.92 Å². The molecule has 0 aromatic heterocycles. The molecule has 0 aromatic carbocycles. The van der Waals surface area contributed by atoms with E-state index in [9.17, 15) is 0 Å². The van der Waals surface area contributed by atoms with E-state index in [1.54, 1.807) is 7.05 Å². The van der Waals surface area contributed by atoms with E-state index in [0.29, 0.717) is 0 Å². The van der Waals surface area contributed by atoms with Gasteiger partial charge in [0.05, 0.1) is 0 Å². The summed E-state index contributed by atoms with van der Waals surface area (Å²) in [6, 6.07) is 0. The molecule has 0 radical (unpaired) electrons. The lowest BCUT2D eigenvalue weighted by Crippen LogP contribution is -2.27. The van der Waals surface area contributed by atoms with E-state index in [2.05, 4.69) is 13.6 Å². The summed E-state index contributed by atoms with van der Waals surface area (Å²) in [5.41, 5.74) is -0.0729. The summed E-state index contributed by atoms with van der Waals surface area (Å²) < 4.78 is 1.49. The van der Waals surface area contributed by atoms with Crippen molar-refractivity contribution < 1.29 is 9.58 Å². The fourth-order valence-corrected chi connectivity index (χ4v) is 0.486. The Bertz CT molecular complexity index is 107. The molecule has 0 heterocycles. The van der Waals surface area contributed by atoms with Crippen molar-refractivity contribution in [1.82, 2.24) is 0 Å². The molecule has 9 heavy (non-hydrogen) atoms. The van der Waals surface area contributed by atoms with Gasteiger partial charge in [0, 0.05) is 0 Å². The first-order valence-corrected chi connectivity index (χ1v) is 3.21. The standard InChI is InChI=1S/C7H16NO/c1-6-7(2,3)9-8(4)5/h4,6H2,1-3,5H3/q+1. The second-order valence-electron chi connectivity index (χ2n) is 2.83. The molecule has 0 aromatic rings. The lowest BCUT2D eigenvalue weighted by Gasteiger charge is -2.17. The zero-order valence-electron chi connectivity index (χ0n) is 6.77. The van der Waals surface area contributed by atoms with Crippen LogP contribution in [-0.2, 0) is 4.84 Å². The summed E-state index contributed by atoms with van der Waals surface area (Å²) in [6.45, 7) is 9.74. The third-order valence-corrected chi connectivity index (χ3v) is 1.25. The summed E-state index contributed by atoms with van der Waals surface area (Å²) in [6.07, 6.45) is 0.993. The van der Waals surface area contributed by atoms with Gasteiger partial charge in [0.15, 0.2) is 19.4 Å². The Morgan fingerprint density at radius 1 is 1.56 bits per heavy atom. The average Bonchev–Trinajstić information content (AvgIpc) is 1.63. The van der Waals surface area contributed by atoms with Crippen LogP contribution in [0.3, 0.4) is 0 Å². The molecule has 0 aliphatic heterocycles. The lowest BCUT2D eigenvalue weighted by atomic mass is 10.1. The Hall–Kier alpha value is -0.530. The highest BCUT2D eigenvalue weighted by atomic mass is 16.7. The van der Waals surface area contributed by atoms with E-state index < -0.39 is 0 Å². The molecule has 0 rings (SSSR count). The van der Waals surface area contributed by atoms with E-state index in [0.717, 1.165) is 6.42 Å². The SMILES string of the molecule is C=[N+](C)OC(C)(C)CC. The van der Waals surface area contributed by atoms with Crippen molar-refractivity contribution in [2.24, 2.45) is 0 Å². The van der Waals surface area contributed by atoms with Crippen molar-refractivity contribution in [3.8, 4) is 0 Å². The predicted molar refractivity (Wildman–Crippen MR) is 38.8 cm³/mol. The second-order valence-corrected chi connectivity index (χ2v) is 2.83. The Labute approximate surface area is 57.1 Å². The number of rotatable bonds is 3. The van der Waals surface area contributed by atoms with Gasteiger partial charge in [0.2, 0.25) is 0 Å². The largest absolute Gasteiger partial charge is 0.272 e. The third kappa shape index (κ3) is 4.01. The zero-order chi connectivity index (χ0) is 7.49. The van der Waals surface area contributed by atoms with Crippen LogP contribution in [0.4, 0.5) is 0 Å². The van der Waals surface area contributed by atoms with E-state index in [1.165, 1.54) is 4.74 Å². The van der Waals surface area contributed by atoms with E-state index in [4.69, 9.17) is 4.84 Å². The molecule has 0 N–H and O–H groups in total. The Morgan fingerprint density at radius 3 is 2.11 bits per heavy atom. The van der Waals surface area contributed by atoms with Crippen LogP contribution >= 0.6 is 0 Å². The second kappa shape index (κ2) is 2.85. The van der Waals surface area contributed by atoms with E-state index in [-0.39, 0.29) is 5.60 Å². The van der Waals surface area contributed by atoms with Crippen molar-refractivity contribution in [3.63, 3.8) is 0 Å². The summed E-state index contributed by atoms with van der Waals surface area (Å²) in [4.78, 5) is 5.31.